The predicted molar refractivity (Wildman–Crippen MR) is 111 cm³/mol. The zero-order chi connectivity index (χ0) is 18.2. The van der Waals surface area contributed by atoms with Gasteiger partial charge in [-0.25, -0.2) is 0 Å². The summed E-state index contributed by atoms with van der Waals surface area (Å²) in [5.74, 6) is 2.19. The van der Waals surface area contributed by atoms with E-state index in [4.69, 9.17) is 19.9 Å². The van der Waals surface area contributed by atoms with Crippen LogP contribution in [0.5, 0.6) is 17.2 Å². The quantitative estimate of drug-likeness (QED) is 0.610. The van der Waals surface area contributed by atoms with E-state index in [1.165, 1.54) is 0 Å². The maximum Gasteiger partial charge on any atom is 0.161 e. The Balaban J connectivity index is 0.00000261. The molecule has 142 valence electrons. The van der Waals surface area contributed by atoms with E-state index in [0.717, 1.165) is 22.4 Å². The lowest BCUT2D eigenvalue weighted by Crippen LogP contribution is -2.11. The lowest BCUT2D eigenvalue weighted by molar-refractivity contribution is 0.302. The van der Waals surface area contributed by atoms with Crippen molar-refractivity contribution < 1.29 is 14.2 Å². The number of ether oxygens (including phenoxy) is 3. The molecule has 3 rings (SSSR count). The van der Waals surface area contributed by atoms with Crippen LogP contribution in [-0.2, 0) is 6.61 Å². The molecule has 0 amide bonds. The molecule has 0 spiro atoms. The lowest BCUT2D eigenvalue weighted by atomic mass is 10.0. The molecule has 0 unspecified atom stereocenters. The highest BCUT2D eigenvalue weighted by atomic mass is 35.5. The van der Waals surface area contributed by atoms with E-state index < -0.39 is 0 Å². The van der Waals surface area contributed by atoms with Gasteiger partial charge in [0.05, 0.1) is 7.11 Å². The Morgan fingerprint density at radius 2 is 1.52 bits per heavy atom. The first-order valence-electron chi connectivity index (χ1n) is 8.59. The minimum atomic E-state index is 0. The van der Waals surface area contributed by atoms with E-state index in [2.05, 4.69) is 12.1 Å². The van der Waals surface area contributed by atoms with Gasteiger partial charge in [0.2, 0.25) is 0 Å². The van der Waals surface area contributed by atoms with Crippen molar-refractivity contribution in [1.82, 2.24) is 0 Å². The lowest BCUT2D eigenvalue weighted by Gasteiger charge is -2.14. The second-order valence-electron chi connectivity index (χ2n) is 5.77. The molecule has 3 aromatic rings. The fourth-order valence-electron chi connectivity index (χ4n) is 2.69. The first-order chi connectivity index (χ1) is 12.8. The Labute approximate surface area is 166 Å². The third-order valence-corrected chi connectivity index (χ3v) is 3.97. The van der Waals surface area contributed by atoms with E-state index in [0.29, 0.717) is 31.3 Å². The smallest absolute Gasteiger partial charge is 0.161 e. The number of halogens is 1. The molecule has 0 heterocycles. The summed E-state index contributed by atoms with van der Waals surface area (Å²) in [6.07, 6.45) is 0. The van der Waals surface area contributed by atoms with Gasteiger partial charge in [-0.05, 0) is 29.3 Å². The molecule has 0 aliphatic heterocycles. The largest absolute Gasteiger partial charge is 0.493 e. The van der Waals surface area contributed by atoms with Gasteiger partial charge in [0, 0.05) is 12.1 Å². The second-order valence-corrected chi connectivity index (χ2v) is 5.77. The van der Waals surface area contributed by atoms with Crippen molar-refractivity contribution in [1.29, 1.82) is 0 Å². The summed E-state index contributed by atoms with van der Waals surface area (Å²) >= 11 is 0. The van der Waals surface area contributed by atoms with Gasteiger partial charge in [-0.2, -0.15) is 0 Å². The average Bonchev–Trinajstić information content (AvgIpc) is 2.71. The van der Waals surface area contributed by atoms with Crippen LogP contribution in [0.25, 0.3) is 11.1 Å². The van der Waals surface area contributed by atoms with E-state index in [-0.39, 0.29) is 12.4 Å². The molecule has 0 bridgehead atoms. The number of hydrogen-bond donors (Lipinski definition) is 1. The average molecular weight is 386 g/mol. The summed E-state index contributed by atoms with van der Waals surface area (Å²) in [5, 5.41) is 0. The van der Waals surface area contributed by atoms with Crippen molar-refractivity contribution in [2.24, 2.45) is 5.73 Å². The molecule has 3 aromatic carbocycles. The standard InChI is InChI=1S/C22H23NO3.ClH/c1-24-22-15-18(11-12-21(22)25-14-13-23)19-9-5-6-10-20(19)26-16-17-7-3-2-4-8-17;/h2-12,15H,13-14,16,23H2,1H3;1H. The Bertz CT molecular complexity index is 840. The van der Waals surface area contributed by atoms with Crippen molar-refractivity contribution in [3.8, 4) is 28.4 Å². The van der Waals surface area contributed by atoms with E-state index >= 15 is 0 Å². The van der Waals surface area contributed by atoms with Crippen molar-refractivity contribution in [2.45, 2.75) is 6.61 Å². The molecule has 2 N–H and O–H groups in total. The van der Waals surface area contributed by atoms with Crippen LogP contribution in [0, 0.1) is 0 Å². The molecular weight excluding hydrogens is 362 g/mol. The first kappa shape index (κ1) is 20.6. The number of methoxy groups -OCH3 is 1. The highest BCUT2D eigenvalue weighted by Gasteiger charge is 2.11. The van der Waals surface area contributed by atoms with Crippen LogP contribution < -0.4 is 19.9 Å². The predicted octanol–water partition coefficient (Wildman–Crippen LogP) is 4.70. The third-order valence-electron chi connectivity index (χ3n) is 3.97. The van der Waals surface area contributed by atoms with Gasteiger partial charge >= 0.3 is 0 Å². The van der Waals surface area contributed by atoms with Gasteiger partial charge in [-0.15, -0.1) is 12.4 Å². The van der Waals surface area contributed by atoms with E-state index in [1.54, 1.807) is 7.11 Å². The van der Waals surface area contributed by atoms with Crippen LogP contribution in [0.2, 0.25) is 0 Å². The maximum absolute atomic E-state index is 6.06. The van der Waals surface area contributed by atoms with Crippen LogP contribution in [-0.4, -0.2) is 20.3 Å². The minimum absolute atomic E-state index is 0. The van der Waals surface area contributed by atoms with Crippen LogP contribution in [0.4, 0.5) is 0 Å². The van der Waals surface area contributed by atoms with Gasteiger partial charge in [0.15, 0.2) is 11.5 Å². The van der Waals surface area contributed by atoms with Gasteiger partial charge in [0.25, 0.3) is 0 Å². The highest BCUT2D eigenvalue weighted by molar-refractivity contribution is 5.85. The van der Waals surface area contributed by atoms with Crippen molar-refractivity contribution in [2.75, 3.05) is 20.3 Å². The molecule has 0 saturated heterocycles. The molecule has 0 saturated carbocycles. The van der Waals surface area contributed by atoms with Crippen molar-refractivity contribution >= 4 is 12.4 Å². The number of para-hydroxylation sites is 1. The van der Waals surface area contributed by atoms with Gasteiger partial charge in [0.1, 0.15) is 19.0 Å². The minimum Gasteiger partial charge on any atom is -0.493 e. The summed E-state index contributed by atoms with van der Waals surface area (Å²) in [5.41, 5.74) is 8.65. The van der Waals surface area contributed by atoms with Crippen LogP contribution >= 0.6 is 12.4 Å². The van der Waals surface area contributed by atoms with Crippen LogP contribution in [0.1, 0.15) is 5.56 Å². The summed E-state index contributed by atoms with van der Waals surface area (Å²) in [6, 6.07) is 24.0. The molecule has 0 aliphatic rings. The number of rotatable bonds is 8. The SMILES string of the molecule is COc1cc(-c2ccccc2OCc2ccccc2)ccc1OCCN.Cl. The number of hydrogen-bond acceptors (Lipinski definition) is 4. The van der Waals surface area contributed by atoms with Gasteiger partial charge in [-0.3, -0.25) is 0 Å². The molecular formula is C22H24ClNO3. The highest BCUT2D eigenvalue weighted by Crippen LogP contribution is 2.36. The van der Waals surface area contributed by atoms with Crippen LogP contribution in [0.15, 0.2) is 72.8 Å². The van der Waals surface area contributed by atoms with Crippen LogP contribution in [0.3, 0.4) is 0 Å². The molecule has 0 fully saturated rings. The van der Waals surface area contributed by atoms with E-state index in [1.807, 2.05) is 60.7 Å². The third kappa shape index (κ3) is 5.39. The molecule has 0 radical (unpaired) electrons. The zero-order valence-corrected chi connectivity index (χ0v) is 16.1. The normalized spacial score (nSPS) is 10.0. The molecule has 4 nitrogen and oxygen atoms in total. The van der Waals surface area contributed by atoms with Gasteiger partial charge in [-0.1, -0.05) is 54.6 Å². The Morgan fingerprint density at radius 3 is 2.26 bits per heavy atom. The fraction of sp³-hybridized carbons (Fsp3) is 0.182. The molecule has 27 heavy (non-hydrogen) atoms. The molecule has 5 heteroatoms. The summed E-state index contributed by atoms with van der Waals surface area (Å²) in [6.45, 7) is 1.43. The first-order valence-corrected chi connectivity index (χ1v) is 8.59. The number of nitrogens with two attached hydrogens (primary N) is 1. The Kier molecular flexibility index (Phi) is 7.99. The summed E-state index contributed by atoms with van der Waals surface area (Å²) < 4.78 is 17.1. The molecule has 0 aromatic heterocycles. The number of benzene rings is 3. The summed E-state index contributed by atoms with van der Waals surface area (Å²) in [7, 11) is 1.63. The van der Waals surface area contributed by atoms with Crippen molar-refractivity contribution in [3.05, 3.63) is 78.4 Å². The second kappa shape index (κ2) is 10.5. The maximum atomic E-state index is 6.06. The van der Waals surface area contributed by atoms with Crippen molar-refractivity contribution in [3.63, 3.8) is 0 Å². The Morgan fingerprint density at radius 1 is 0.778 bits per heavy atom. The summed E-state index contributed by atoms with van der Waals surface area (Å²) in [4.78, 5) is 0. The zero-order valence-electron chi connectivity index (χ0n) is 15.3. The Hall–Kier alpha value is -2.69. The van der Waals surface area contributed by atoms with Gasteiger partial charge < -0.3 is 19.9 Å². The monoisotopic (exact) mass is 385 g/mol. The molecule has 0 aliphatic carbocycles. The van der Waals surface area contributed by atoms with E-state index in [9.17, 15) is 0 Å². The molecule has 0 atom stereocenters. The fourth-order valence-corrected chi connectivity index (χ4v) is 2.69. The topological polar surface area (TPSA) is 53.7 Å².